The van der Waals surface area contributed by atoms with Crippen LogP contribution in [0, 0.1) is 5.41 Å². The van der Waals surface area contributed by atoms with Crippen molar-refractivity contribution in [1.82, 2.24) is 5.32 Å². The van der Waals surface area contributed by atoms with Crippen LogP contribution < -0.4 is 5.32 Å². The Morgan fingerprint density at radius 1 is 1.40 bits per heavy atom. The fourth-order valence-electron chi connectivity index (χ4n) is 1.86. The number of carboxylic acids is 1. The van der Waals surface area contributed by atoms with Crippen LogP contribution in [-0.4, -0.2) is 34.4 Å². The second-order valence-corrected chi connectivity index (χ2v) is 5.90. The number of imide groups is 1. The molecule has 108 valence electrons. The van der Waals surface area contributed by atoms with Gasteiger partial charge in [-0.25, -0.2) is 0 Å². The number of thioether (sulfide) groups is 1. The molecule has 2 rings (SSSR count). The van der Waals surface area contributed by atoms with Crippen molar-refractivity contribution in [1.29, 1.82) is 0 Å². The number of amides is 2. The monoisotopic (exact) mass is 297 g/mol. The highest BCUT2D eigenvalue weighted by Gasteiger charge is 2.44. The van der Waals surface area contributed by atoms with Crippen LogP contribution in [0.4, 0.5) is 0 Å². The van der Waals surface area contributed by atoms with Gasteiger partial charge in [-0.2, -0.15) is 11.8 Å². The minimum atomic E-state index is -0.805. The van der Waals surface area contributed by atoms with Gasteiger partial charge in [0.1, 0.15) is 0 Å². The number of hydrogen-bond acceptors (Lipinski definition) is 5. The first-order chi connectivity index (χ1) is 9.51. The Bertz CT molecular complexity index is 507. The molecule has 0 spiro atoms. The maximum atomic E-state index is 11.6. The van der Waals surface area contributed by atoms with Crippen LogP contribution in [0.3, 0.4) is 0 Å². The number of rotatable bonds is 7. The summed E-state index contributed by atoms with van der Waals surface area (Å²) in [6, 6.07) is 3.04. The van der Waals surface area contributed by atoms with Gasteiger partial charge in [-0.15, -0.1) is 0 Å². The first-order valence-corrected chi connectivity index (χ1v) is 7.33. The summed E-state index contributed by atoms with van der Waals surface area (Å²) in [5.41, 5.74) is -0.151. The first-order valence-electron chi connectivity index (χ1n) is 6.18. The zero-order valence-electron chi connectivity index (χ0n) is 10.8. The van der Waals surface area contributed by atoms with Gasteiger partial charge in [0.25, 0.3) is 5.91 Å². The average Bonchev–Trinajstić information content (AvgIpc) is 2.92. The van der Waals surface area contributed by atoms with Gasteiger partial charge in [-0.1, -0.05) is 0 Å². The van der Waals surface area contributed by atoms with E-state index in [4.69, 9.17) is 9.52 Å². The molecule has 1 aromatic rings. The van der Waals surface area contributed by atoms with Crippen LogP contribution >= 0.6 is 11.8 Å². The molecule has 2 N–H and O–H groups in total. The predicted molar refractivity (Wildman–Crippen MR) is 72.4 cm³/mol. The highest BCUT2D eigenvalue weighted by Crippen LogP contribution is 2.50. The Morgan fingerprint density at radius 3 is 2.70 bits per heavy atom. The Labute approximate surface area is 119 Å². The second kappa shape index (κ2) is 6.13. The zero-order chi connectivity index (χ0) is 14.6. The van der Waals surface area contributed by atoms with Gasteiger partial charge in [-0.3, -0.25) is 19.7 Å². The van der Waals surface area contributed by atoms with E-state index in [1.54, 1.807) is 6.07 Å². The summed E-state index contributed by atoms with van der Waals surface area (Å²) >= 11 is 1.35. The molecule has 20 heavy (non-hydrogen) atoms. The Morgan fingerprint density at radius 2 is 2.15 bits per heavy atom. The fraction of sp³-hybridized carbons (Fsp3) is 0.462. The average molecular weight is 297 g/mol. The van der Waals surface area contributed by atoms with Gasteiger partial charge >= 0.3 is 5.97 Å². The summed E-state index contributed by atoms with van der Waals surface area (Å²) in [5.74, 6) is -0.918. The minimum Gasteiger partial charge on any atom is -0.481 e. The summed E-state index contributed by atoms with van der Waals surface area (Å²) in [6.07, 6.45) is 3.28. The molecule has 1 saturated carbocycles. The number of furan rings is 1. The maximum absolute atomic E-state index is 11.6. The van der Waals surface area contributed by atoms with E-state index >= 15 is 0 Å². The maximum Gasteiger partial charge on any atom is 0.303 e. The molecule has 0 radical (unpaired) electrons. The van der Waals surface area contributed by atoms with E-state index in [-0.39, 0.29) is 23.3 Å². The molecule has 0 saturated heterocycles. The number of carbonyl (C=O) groups excluding carboxylic acids is 2. The molecule has 0 unspecified atom stereocenters. The summed E-state index contributed by atoms with van der Waals surface area (Å²) in [6.45, 7) is 0. The quantitative estimate of drug-likeness (QED) is 0.792. The van der Waals surface area contributed by atoms with Crippen molar-refractivity contribution in [3.05, 3.63) is 24.2 Å². The van der Waals surface area contributed by atoms with Crippen LogP contribution in [0.1, 0.15) is 29.8 Å². The lowest BCUT2D eigenvalue weighted by Gasteiger charge is -2.11. The summed E-state index contributed by atoms with van der Waals surface area (Å²) in [5, 5.41) is 11.0. The van der Waals surface area contributed by atoms with Crippen molar-refractivity contribution < 1.29 is 23.9 Å². The van der Waals surface area contributed by atoms with Gasteiger partial charge in [0.05, 0.1) is 18.4 Å². The van der Waals surface area contributed by atoms with E-state index in [2.05, 4.69) is 5.32 Å². The van der Waals surface area contributed by atoms with Gasteiger partial charge in [0.15, 0.2) is 5.76 Å². The lowest BCUT2D eigenvalue weighted by Crippen LogP contribution is -2.31. The molecule has 0 aliphatic heterocycles. The normalized spacial score (nSPS) is 15.6. The van der Waals surface area contributed by atoms with Crippen molar-refractivity contribution in [3.8, 4) is 0 Å². The Kier molecular flexibility index (Phi) is 4.49. The standard InChI is InChI=1S/C13H15NO5S/c15-10(14-12(18)9-2-1-5-19-9)7-20-8-13(3-4-13)6-11(16)17/h1-2,5H,3-4,6-8H2,(H,16,17)(H,14,15,18). The third-order valence-electron chi connectivity index (χ3n) is 3.12. The summed E-state index contributed by atoms with van der Waals surface area (Å²) < 4.78 is 4.87. The van der Waals surface area contributed by atoms with Crippen LogP contribution in [0.25, 0.3) is 0 Å². The lowest BCUT2D eigenvalue weighted by molar-refractivity contribution is -0.138. The number of aliphatic carboxylic acids is 1. The second-order valence-electron chi connectivity index (χ2n) is 4.92. The van der Waals surface area contributed by atoms with Crippen molar-refractivity contribution in [2.24, 2.45) is 5.41 Å². The van der Waals surface area contributed by atoms with Crippen molar-refractivity contribution in [3.63, 3.8) is 0 Å². The van der Waals surface area contributed by atoms with E-state index in [0.717, 1.165) is 12.8 Å². The fourth-order valence-corrected chi connectivity index (χ4v) is 3.05. The largest absolute Gasteiger partial charge is 0.481 e. The first kappa shape index (κ1) is 14.6. The number of nitrogens with one attached hydrogen (secondary N) is 1. The minimum absolute atomic E-state index is 0.0906. The molecular weight excluding hydrogens is 282 g/mol. The molecule has 1 aliphatic rings. The molecule has 1 fully saturated rings. The van der Waals surface area contributed by atoms with Gasteiger partial charge < -0.3 is 9.52 Å². The lowest BCUT2D eigenvalue weighted by atomic mass is 10.1. The summed E-state index contributed by atoms with van der Waals surface area (Å²) in [7, 11) is 0. The highest BCUT2D eigenvalue weighted by atomic mass is 32.2. The van der Waals surface area contributed by atoms with Crippen molar-refractivity contribution >= 4 is 29.5 Å². The smallest absolute Gasteiger partial charge is 0.303 e. The molecule has 2 amide bonds. The molecule has 0 bridgehead atoms. The van der Waals surface area contributed by atoms with Gasteiger partial charge in [-0.05, 0) is 36.1 Å². The number of carbonyl (C=O) groups is 3. The predicted octanol–water partition coefficient (Wildman–Crippen LogP) is 1.52. The topological polar surface area (TPSA) is 96.6 Å². The molecule has 1 aliphatic carbocycles. The Balaban J connectivity index is 1.68. The van der Waals surface area contributed by atoms with Crippen LogP contribution in [0.15, 0.2) is 22.8 Å². The molecule has 0 aromatic carbocycles. The van der Waals surface area contributed by atoms with E-state index in [0.29, 0.717) is 5.75 Å². The van der Waals surface area contributed by atoms with Gasteiger partial charge in [0.2, 0.25) is 5.91 Å². The van der Waals surface area contributed by atoms with Crippen molar-refractivity contribution in [2.75, 3.05) is 11.5 Å². The van der Waals surface area contributed by atoms with Crippen LogP contribution in [0.5, 0.6) is 0 Å². The third kappa shape index (κ3) is 4.12. The molecule has 0 atom stereocenters. The number of hydrogen-bond donors (Lipinski definition) is 2. The Hall–Kier alpha value is -1.76. The molecule has 7 heteroatoms. The summed E-state index contributed by atoms with van der Waals surface area (Å²) in [4.78, 5) is 33.8. The zero-order valence-corrected chi connectivity index (χ0v) is 11.6. The van der Waals surface area contributed by atoms with Crippen molar-refractivity contribution in [2.45, 2.75) is 19.3 Å². The number of carboxylic acid groups (broad SMARTS) is 1. The van der Waals surface area contributed by atoms with Gasteiger partial charge in [0, 0.05) is 0 Å². The third-order valence-corrected chi connectivity index (χ3v) is 4.41. The molecular formula is C13H15NO5S. The molecule has 6 nitrogen and oxygen atoms in total. The van der Waals surface area contributed by atoms with E-state index < -0.39 is 17.8 Å². The molecule has 1 heterocycles. The van der Waals surface area contributed by atoms with Crippen LogP contribution in [-0.2, 0) is 9.59 Å². The SMILES string of the molecule is O=C(O)CC1(CSCC(=O)NC(=O)c2ccco2)CC1. The van der Waals surface area contributed by atoms with E-state index in [9.17, 15) is 14.4 Å². The van der Waals surface area contributed by atoms with Crippen LogP contribution in [0.2, 0.25) is 0 Å². The van der Waals surface area contributed by atoms with E-state index in [1.807, 2.05) is 0 Å². The highest BCUT2D eigenvalue weighted by molar-refractivity contribution is 8.00. The van der Waals surface area contributed by atoms with E-state index in [1.165, 1.54) is 24.1 Å². The molecule has 1 aromatic heterocycles.